The summed E-state index contributed by atoms with van der Waals surface area (Å²) >= 11 is 0. The Hall–Kier alpha value is -3.92. The fourth-order valence-electron chi connectivity index (χ4n) is 2.84. The first-order valence-corrected chi connectivity index (χ1v) is 11.1. The van der Waals surface area contributed by atoms with Crippen LogP contribution in [0.5, 0.6) is 5.75 Å². The standard InChI is InChI=1S/C22H21N3O6S/c26-22(23-15-16-31-20-7-3-1-4-8-20)17-24(18-11-13-19(14-12-18)25(27)28)32(29,30)21-9-5-2-6-10-21/h1-14H,15-17H2,(H,23,26). The summed E-state index contributed by atoms with van der Waals surface area (Å²) in [5.74, 6) is 0.112. The van der Waals surface area contributed by atoms with Gasteiger partial charge in [0.05, 0.1) is 22.1 Å². The van der Waals surface area contributed by atoms with Gasteiger partial charge in [-0.05, 0) is 36.4 Å². The minimum absolute atomic E-state index is 0.00133. The van der Waals surface area contributed by atoms with Crippen molar-refractivity contribution >= 4 is 27.3 Å². The van der Waals surface area contributed by atoms with Gasteiger partial charge in [0.25, 0.3) is 15.7 Å². The van der Waals surface area contributed by atoms with E-state index in [0.717, 1.165) is 4.31 Å². The average molecular weight is 455 g/mol. The molecule has 0 aromatic heterocycles. The predicted molar refractivity (Wildman–Crippen MR) is 119 cm³/mol. The molecule has 0 heterocycles. The fraction of sp³-hybridized carbons (Fsp3) is 0.136. The second kappa shape index (κ2) is 10.4. The summed E-state index contributed by atoms with van der Waals surface area (Å²) in [7, 11) is -4.08. The maximum absolute atomic E-state index is 13.2. The number of sulfonamides is 1. The van der Waals surface area contributed by atoms with Gasteiger partial charge in [0.1, 0.15) is 18.9 Å². The highest BCUT2D eigenvalue weighted by atomic mass is 32.2. The Kier molecular flexibility index (Phi) is 7.40. The van der Waals surface area contributed by atoms with E-state index in [1.54, 1.807) is 30.3 Å². The third-order valence-corrected chi connectivity index (χ3v) is 6.19. The van der Waals surface area contributed by atoms with Crippen molar-refractivity contribution in [3.05, 3.63) is 95.0 Å². The Bertz CT molecular complexity index is 1150. The summed E-state index contributed by atoms with van der Waals surface area (Å²) in [4.78, 5) is 22.9. The molecule has 0 fully saturated rings. The number of nitro groups is 1. The number of nitro benzene ring substituents is 1. The molecule has 166 valence electrons. The second-order valence-corrected chi connectivity index (χ2v) is 8.47. The van der Waals surface area contributed by atoms with Gasteiger partial charge in [-0.1, -0.05) is 36.4 Å². The van der Waals surface area contributed by atoms with Gasteiger partial charge in [-0.2, -0.15) is 0 Å². The van der Waals surface area contributed by atoms with Crippen molar-refractivity contribution in [2.24, 2.45) is 0 Å². The van der Waals surface area contributed by atoms with E-state index in [1.807, 2.05) is 18.2 Å². The van der Waals surface area contributed by atoms with E-state index in [9.17, 15) is 23.3 Å². The van der Waals surface area contributed by atoms with Crippen molar-refractivity contribution in [1.29, 1.82) is 0 Å². The Labute approximate surface area is 185 Å². The molecule has 0 saturated heterocycles. The van der Waals surface area contributed by atoms with Gasteiger partial charge in [-0.25, -0.2) is 8.42 Å². The monoisotopic (exact) mass is 455 g/mol. The van der Waals surface area contributed by atoms with E-state index in [2.05, 4.69) is 5.32 Å². The number of nitrogens with zero attached hydrogens (tertiary/aromatic N) is 2. The quantitative estimate of drug-likeness (QED) is 0.285. The number of nitrogens with one attached hydrogen (secondary N) is 1. The van der Waals surface area contributed by atoms with Gasteiger partial charge in [0, 0.05) is 12.1 Å². The molecule has 32 heavy (non-hydrogen) atoms. The molecule has 0 aliphatic carbocycles. The normalized spacial score (nSPS) is 10.9. The van der Waals surface area contributed by atoms with E-state index in [1.165, 1.54) is 36.4 Å². The summed E-state index contributed by atoms with van der Waals surface area (Å²) in [6, 6.07) is 21.7. The van der Waals surface area contributed by atoms with Crippen LogP contribution in [0.1, 0.15) is 0 Å². The predicted octanol–water partition coefficient (Wildman–Crippen LogP) is 2.99. The molecule has 0 aliphatic rings. The van der Waals surface area contributed by atoms with Gasteiger partial charge < -0.3 is 10.1 Å². The molecule has 0 bridgehead atoms. The van der Waals surface area contributed by atoms with Crippen LogP contribution in [0.25, 0.3) is 0 Å². The maximum Gasteiger partial charge on any atom is 0.269 e. The molecule has 1 N–H and O–H groups in total. The van der Waals surface area contributed by atoms with Gasteiger partial charge in [-0.3, -0.25) is 19.2 Å². The van der Waals surface area contributed by atoms with Crippen molar-refractivity contribution in [2.45, 2.75) is 4.90 Å². The molecule has 0 aliphatic heterocycles. The van der Waals surface area contributed by atoms with Gasteiger partial charge in [0.2, 0.25) is 5.91 Å². The Morgan fingerprint density at radius 1 is 0.938 bits per heavy atom. The van der Waals surface area contributed by atoms with Crippen molar-refractivity contribution in [3.8, 4) is 5.75 Å². The Morgan fingerprint density at radius 3 is 2.12 bits per heavy atom. The molecule has 10 heteroatoms. The second-order valence-electron chi connectivity index (χ2n) is 6.61. The molecule has 3 aromatic carbocycles. The number of para-hydroxylation sites is 1. The van der Waals surface area contributed by atoms with E-state index in [0.29, 0.717) is 5.75 Å². The number of carbonyl (C=O) groups excluding carboxylic acids is 1. The van der Waals surface area contributed by atoms with Crippen LogP contribution in [-0.2, 0) is 14.8 Å². The molecule has 0 radical (unpaired) electrons. The minimum Gasteiger partial charge on any atom is -0.492 e. The molecule has 0 spiro atoms. The van der Waals surface area contributed by atoms with Crippen LogP contribution < -0.4 is 14.4 Å². The fourth-order valence-corrected chi connectivity index (χ4v) is 4.28. The lowest BCUT2D eigenvalue weighted by atomic mass is 10.3. The van der Waals surface area contributed by atoms with E-state index in [4.69, 9.17) is 4.74 Å². The lowest BCUT2D eigenvalue weighted by Crippen LogP contribution is -2.41. The summed E-state index contributed by atoms with van der Waals surface area (Å²) in [6.45, 7) is -0.119. The zero-order valence-electron chi connectivity index (χ0n) is 17.0. The number of non-ortho nitro benzene ring substituents is 1. The highest BCUT2D eigenvalue weighted by Gasteiger charge is 2.27. The largest absolute Gasteiger partial charge is 0.492 e. The SMILES string of the molecule is O=C(CN(c1ccc([N+](=O)[O-])cc1)S(=O)(=O)c1ccccc1)NCCOc1ccccc1. The molecule has 0 unspecified atom stereocenters. The number of amides is 1. The number of hydrogen-bond donors (Lipinski definition) is 1. The number of benzene rings is 3. The number of carbonyl (C=O) groups is 1. The van der Waals surface area contributed by atoms with Crippen LogP contribution in [0.3, 0.4) is 0 Å². The summed E-state index contributed by atoms with van der Waals surface area (Å²) < 4.78 is 32.8. The van der Waals surface area contributed by atoms with Crippen LogP contribution in [0.4, 0.5) is 11.4 Å². The summed E-state index contributed by atoms with van der Waals surface area (Å²) in [5.41, 5.74) is -0.0524. The third kappa shape index (κ3) is 5.82. The minimum atomic E-state index is -4.08. The lowest BCUT2D eigenvalue weighted by molar-refractivity contribution is -0.384. The van der Waals surface area contributed by atoms with Crippen molar-refractivity contribution in [1.82, 2.24) is 5.32 Å². The first kappa shape index (κ1) is 22.8. The first-order chi connectivity index (χ1) is 15.4. The lowest BCUT2D eigenvalue weighted by Gasteiger charge is -2.24. The van der Waals surface area contributed by atoms with Crippen LogP contribution in [0, 0.1) is 10.1 Å². The third-order valence-electron chi connectivity index (χ3n) is 4.40. The van der Waals surface area contributed by atoms with Gasteiger partial charge in [0.15, 0.2) is 0 Å². The highest BCUT2D eigenvalue weighted by Crippen LogP contribution is 2.25. The first-order valence-electron chi connectivity index (χ1n) is 9.65. The zero-order chi connectivity index (χ0) is 23.0. The van der Waals surface area contributed by atoms with E-state index in [-0.39, 0.29) is 29.4 Å². The highest BCUT2D eigenvalue weighted by molar-refractivity contribution is 7.92. The molecular formula is C22H21N3O6S. The molecule has 1 amide bonds. The number of anilines is 1. The molecule has 3 rings (SSSR count). The molecule has 9 nitrogen and oxygen atoms in total. The Morgan fingerprint density at radius 2 is 1.53 bits per heavy atom. The van der Waals surface area contributed by atoms with Crippen LogP contribution in [0.2, 0.25) is 0 Å². The molecule has 0 saturated carbocycles. The van der Waals surface area contributed by atoms with Crippen molar-refractivity contribution < 1.29 is 22.9 Å². The smallest absolute Gasteiger partial charge is 0.269 e. The van der Waals surface area contributed by atoms with E-state index < -0.39 is 27.4 Å². The van der Waals surface area contributed by atoms with E-state index >= 15 is 0 Å². The summed E-state index contributed by atoms with van der Waals surface area (Å²) in [5, 5.41) is 13.6. The summed E-state index contributed by atoms with van der Waals surface area (Å²) in [6.07, 6.45) is 0. The number of rotatable bonds is 10. The van der Waals surface area contributed by atoms with Crippen LogP contribution >= 0.6 is 0 Å². The van der Waals surface area contributed by atoms with Crippen molar-refractivity contribution in [3.63, 3.8) is 0 Å². The molecular weight excluding hydrogens is 434 g/mol. The molecule has 3 aromatic rings. The Balaban J connectivity index is 1.73. The molecule has 0 atom stereocenters. The average Bonchev–Trinajstić information content (AvgIpc) is 2.81. The van der Waals surface area contributed by atoms with Gasteiger partial charge >= 0.3 is 0 Å². The zero-order valence-corrected chi connectivity index (χ0v) is 17.8. The van der Waals surface area contributed by atoms with Crippen LogP contribution in [-0.4, -0.2) is 38.9 Å². The van der Waals surface area contributed by atoms with Crippen molar-refractivity contribution in [2.75, 3.05) is 24.0 Å². The number of ether oxygens (including phenoxy) is 1. The topological polar surface area (TPSA) is 119 Å². The van der Waals surface area contributed by atoms with Gasteiger partial charge in [-0.15, -0.1) is 0 Å². The maximum atomic E-state index is 13.2. The van der Waals surface area contributed by atoms with Crippen LogP contribution in [0.15, 0.2) is 89.8 Å². The number of hydrogen-bond acceptors (Lipinski definition) is 6.